The fourth-order valence-electron chi connectivity index (χ4n) is 2.47. The summed E-state index contributed by atoms with van der Waals surface area (Å²) in [6.45, 7) is 4.44. The van der Waals surface area contributed by atoms with Crippen molar-refractivity contribution in [2.45, 2.75) is 39.3 Å². The van der Waals surface area contributed by atoms with Crippen LogP contribution in [0.15, 0.2) is 39.2 Å². The Balaban J connectivity index is 1.86. The summed E-state index contributed by atoms with van der Waals surface area (Å²) < 4.78 is 6.56. The molecule has 0 radical (unpaired) electrons. The van der Waals surface area contributed by atoms with Crippen LogP contribution in [0.3, 0.4) is 0 Å². The Labute approximate surface area is 133 Å². The summed E-state index contributed by atoms with van der Waals surface area (Å²) >= 11 is 3.45. The van der Waals surface area contributed by atoms with E-state index in [1.807, 2.05) is 49.1 Å². The fourth-order valence-corrected chi connectivity index (χ4v) is 2.83. The maximum atomic E-state index is 12.9. The van der Waals surface area contributed by atoms with Gasteiger partial charge in [0.05, 0.1) is 6.54 Å². The largest absolute Gasteiger partial charge is 0.464 e. The highest BCUT2D eigenvalue weighted by Gasteiger charge is 2.34. The van der Waals surface area contributed by atoms with Crippen molar-refractivity contribution >= 4 is 21.8 Å². The molecule has 0 spiro atoms. The average Bonchev–Trinajstić information content (AvgIpc) is 3.21. The molecule has 4 heteroatoms. The van der Waals surface area contributed by atoms with E-state index >= 15 is 0 Å². The van der Waals surface area contributed by atoms with Gasteiger partial charge in [0.25, 0.3) is 5.91 Å². The zero-order valence-electron chi connectivity index (χ0n) is 12.2. The third kappa shape index (κ3) is 3.21. The number of amides is 1. The number of nitrogens with zero attached hydrogens (tertiary/aromatic N) is 1. The average molecular weight is 348 g/mol. The Hall–Kier alpha value is -1.55. The first-order valence-corrected chi connectivity index (χ1v) is 7.96. The Morgan fingerprint density at radius 1 is 1.29 bits per heavy atom. The molecule has 1 aliphatic carbocycles. The molecule has 0 bridgehead atoms. The molecule has 0 N–H and O–H groups in total. The third-order valence-electron chi connectivity index (χ3n) is 3.80. The minimum Gasteiger partial charge on any atom is -0.464 e. The van der Waals surface area contributed by atoms with E-state index in [0.29, 0.717) is 12.6 Å². The third-order valence-corrected chi connectivity index (χ3v) is 4.29. The van der Waals surface area contributed by atoms with Crippen LogP contribution < -0.4 is 0 Å². The molecule has 1 saturated carbocycles. The fraction of sp³-hybridized carbons (Fsp3) is 0.353. The molecule has 1 amide bonds. The van der Waals surface area contributed by atoms with Crippen molar-refractivity contribution < 1.29 is 9.21 Å². The normalized spacial score (nSPS) is 14.2. The molecule has 0 atom stereocenters. The number of furan rings is 1. The molecule has 0 unspecified atom stereocenters. The zero-order chi connectivity index (χ0) is 15.0. The molecular weight excluding hydrogens is 330 g/mol. The summed E-state index contributed by atoms with van der Waals surface area (Å²) in [5.74, 6) is 1.82. The van der Waals surface area contributed by atoms with Crippen molar-refractivity contribution in [1.82, 2.24) is 4.90 Å². The minimum atomic E-state index is 0.0883. The highest BCUT2D eigenvalue weighted by atomic mass is 79.9. The maximum Gasteiger partial charge on any atom is 0.254 e. The Morgan fingerprint density at radius 2 is 2.05 bits per heavy atom. The van der Waals surface area contributed by atoms with Crippen LogP contribution in [0.4, 0.5) is 0 Å². The highest BCUT2D eigenvalue weighted by molar-refractivity contribution is 9.10. The monoisotopic (exact) mass is 347 g/mol. The first kappa shape index (κ1) is 14.4. The number of benzene rings is 1. The van der Waals surface area contributed by atoms with E-state index in [2.05, 4.69) is 15.9 Å². The zero-order valence-corrected chi connectivity index (χ0v) is 13.8. The molecule has 1 heterocycles. The van der Waals surface area contributed by atoms with Gasteiger partial charge in [-0.3, -0.25) is 4.79 Å². The molecule has 110 valence electrons. The summed E-state index contributed by atoms with van der Waals surface area (Å²) in [5.41, 5.74) is 1.77. The van der Waals surface area contributed by atoms with Crippen molar-refractivity contribution in [3.63, 3.8) is 0 Å². The Kier molecular flexibility index (Phi) is 3.89. The molecule has 1 fully saturated rings. The van der Waals surface area contributed by atoms with Gasteiger partial charge in [0.1, 0.15) is 11.5 Å². The lowest BCUT2D eigenvalue weighted by atomic mass is 10.1. The summed E-state index contributed by atoms with van der Waals surface area (Å²) in [4.78, 5) is 14.8. The van der Waals surface area contributed by atoms with Crippen molar-refractivity contribution in [3.05, 3.63) is 57.5 Å². The van der Waals surface area contributed by atoms with E-state index in [1.165, 1.54) is 0 Å². The van der Waals surface area contributed by atoms with Crippen LogP contribution in [-0.4, -0.2) is 16.8 Å². The van der Waals surface area contributed by atoms with E-state index in [1.54, 1.807) is 0 Å². The number of halogens is 1. The van der Waals surface area contributed by atoms with Crippen LogP contribution in [0, 0.1) is 13.8 Å². The highest BCUT2D eigenvalue weighted by Crippen LogP contribution is 2.31. The number of aryl methyl sites for hydroxylation is 2. The van der Waals surface area contributed by atoms with Crippen LogP contribution in [-0.2, 0) is 6.54 Å². The molecule has 3 rings (SSSR count). The second-order valence-corrected chi connectivity index (χ2v) is 6.55. The molecule has 2 aromatic rings. The van der Waals surface area contributed by atoms with Crippen molar-refractivity contribution in [1.29, 1.82) is 0 Å². The van der Waals surface area contributed by atoms with Crippen LogP contribution in [0.25, 0.3) is 0 Å². The number of hydrogen-bond acceptors (Lipinski definition) is 2. The lowest BCUT2D eigenvalue weighted by molar-refractivity contribution is 0.0716. The molecule has 0 saturated heterocycles. The summed E-state index contributed by atoms with van der Waals surface area (Å²) in [6, 6.07) is 10.1. The molecule has 1 aliphatic rings. The quantitative estimate of drug-likeness (QED) is 0.817. The predicted molar refractivity (Wildman–Crippen MR) is 85.2 cm³/mol. The van der Waals surface area contributed by atoms with E-state index in [9.17, 15) is 4.79 Å². The minimum absolute atomic E-state index is 0.0883. The van der Waals surface area contributed by atoms with E-state index < -0.39 is 0 Å². The molecule has 0 aliphatic heterocycles. The Morgan fingerprint density at radius 3 is 2.67 bits per heavy atom. The van der Waals surface area contributed by atoms with Gasteiger partial charge < -0.3 is 9.32 Å². The van der Waals surface area contributed by atoms with Gasteiger partial charge in [-0.05, 0) is 56.5 Å². The van der Waals surface area contributed by atoms with Gasteiger partial charge >= 0.3 is 0 Å². The van der Waals surface area contributed by atoms with Crippen LogP contribution in [0.2, 0.25) is 0 Å². The van der Waals surface area contributed by atoms with Gasteiger partial charge in [-0.25, -0.2) is 0 Å². The summed E-state index contributed by atoms with van der Waals surface area (Å²) in [7, 11) is 0. The SMILES string of the molecule is Cc1ccc(CN(C(=O)c2cc(Br)ccc2C)C2CC2)o1. The van der Waals surface area contributed by atoms with Crippen molar-refractivity contribution in [2.24, 2.45) is 0 Å². The van der Waals surface area contributed by atoms with Crippen LogP contribution >= 0.6 is 15.9 Å². The molecule has 1 aromatic heterocycles. The van der Waals surface area contributed by atoms with Crippen molar-refractivity contribution in [3.8, 4) is 0 Å². The second-order valence-electron chi connectivity index (χ2n) is 5.64. The second kappa shape index (κ2) is 5.68. The van der Waals surface area contributed by atoms with Crippen molar-refractivity contribution in [2.75, 3.05) is 0 Å². The van der Waals surface area contributed by atoms with Crippen LogP contribution in [0.1, 0.15) is 40.3 Å². The summed E-state index contributed by atoms with van der Waals surface area (Å²) in [5, 5.41) is 0. The number of hydrogen-bond donors (Lipinski definition) is 0. The Bertz CT molecular complexity index is 673. The number of carbonyl (C=O) groups is 1. The molecule has 3 nitrogen and oxygen atoms in total. The molecular formula is C17H18BrNO2. The van der Waals surface area contributed by atoms with Gasteiger partial charge in [-0.1, -0.05) is 22.0 Å². The smallest absolute Gasteiger partial charge is 0.254 e. The van der Waals surface area contributed by atoms with Gasteiger partial charge in [0.2, 0.25) is 0 Å². The van der Waals surface area contributed by atoms with Gasteiger partial charge in [-0.15, -0.1) is 0 Å². The van der Waals surface area contributed by atoms with E-state index in [0.717, 1.165) is 40.0 Å². The van der Waals surface area contributed by atoms with Gasteiger partial charge in [-0.2, -0.15) is 0 Å². The first-order chi connectivity index (χ1) is 10.0. The lowest BCUT2D eigenvalue weighted by Gasteiger charge is -2.22. The van der Waals surface area contributed by atoms with Crippen LogP contribution in [0.5, 0.6) is 0 Å². The van der Waals surface area contributed by atoms with Gasteiger partial charge in [0, 0.05) is 16.1 Å². The topological polar surface area (TPSA) is 33.5 Å². The van der Waals surface area contributed by atoms with E-state index in [4.69, 9.17) is 4.42 Å². The standard InChI is InChI=1S/C17H18BrNO2/c1-11-3-5-13(18)9-16(11)17(20)19(14-6-7-14)10-15-8-4-12(2)21-15/h3-5,8-9,14H,6-7,10H2,1-2H3. The van der Waals surface area contributed by atoms with E-state index in [-0.39, 0.29) is 5.91 Å². The molecule has 1 aromatic carbocycles. The number of rotatable bonds is 4. The first-order valence-electron chi connectivity index (χ1n) is 7.17. The summed E-state index contributed by atoms with van der Waals surface area (Å²) in [6.07, 6.45) is 2.16. The predicted octanol–water partition coefficient (Wildman–Crippen LogP) is 4.46. The molecule has 21 heavy (non-hydrogen) atoms. The number of carbonyl (C=O) groups excluding carboxylic acids is 1. The maximum absolute atomic E-state index is 12.9. The van der Waals surface area contributed by atoms with Gasteiger partial charge in [0.15, 0.2) is 0 Å². The lowest BCUT2D eigenvalue weighted by Crippen LogP contribution is -2.33.